The smallest absolute Gasteiger partial charge is 0.172 e. The first-order valence-electron chi connectivity index (χ1n) is 8.07. The van der Waals surface area contributed by atoms with Crippen LogP contribution in [-0.4, -0.2) is 43.0 Å². The van der Waals surface area contributed by atoms with E-state index in [0.29, 0.717) is 18.6 Å². The zero-order valence-corrected chi connectivity index (χ0v) is 12.4. The van der Waals surface area contributed by atoms with Crippen molar-refractivity contribution in [1.29, 1.82) is 0 Å². The van der Waals surface area contributed by atoms with Gasteiger partial charge < -0.3 is 4.74 Å². The fraction of sp³-hybridized carbons (Fsp3) is 0.938. The van der Waals surface area contributed by atoms with Crippen molar-refractivity contribution in [3.63, 3.8) is 0 Å². The number of hydrogen-bond donors (Lipinski definition) is 0. The highest BCUT2D eigenvalue weighted by Crippen LogP contribution is 2.29. The molecule has 0 aromatic rings. The van der Waals surface area contributed by atoms with E-state index in [2.05, 4.69) is 4.90 Å². The molecule has 0 atom stereocenters. The minimum absolute atomic E-state index is 0.249. The van der Waals surface area contributed by atoms with E-state index in [9.17, 15) is 4.79 Å². The van der Waals surface area contributed by atoms with Crippen LogP contribution in [-0.2, 0) is 9.53 Å². The third-order valence-electron chi connectivity index (χ3n) is 4.75. The van der Waals surface area contributed by atoms with Gasteiger partial charge in [0.1, 0.15) is 6.61 Å². The van der Waals surface area contributed by atoms with Gasteiger partial charge in [0.25, 0.3) is 0 Å². The second-order valence-corrected chi connectivity index (χ2v) is 6.23. The number of ketones is 1. The van der Waals surface area contributed by atoms with Gasteiger partial charge in [-0.1, -0.05) is 38.5 Å². The van der Waals surface area contributed by atoms with Crippen molar-refractivity contribution in [3.05, 3.63) is 0 Å². The van der Waals surface area contributed by atoms with Crippen molar-refractivity contribution in [2.75, 3.05) is 20.3 Å². The first-order valence-corrected chi connectivity index (χ1v) is 8.07. The molecule has 0 amide bonds. The zero-order chi connectivity index (χ0) is 13.5. The number of nitrogens with zero attached hydrogens (tertiary/aromatic N) is 1. The van der Waals surface area contributed by atoms with Crippen LogP contribution in [0.2, 0.25) is 0 Å². The number of methoxy groups -OCH3 is 1. The van der Waals surface area contributed by atoms with Crippen molar-refractivity contribution >= 4 is 5.78 Å². The molecular formula is C16H29NO2. The highest BCUT2D eigenvalue weighted by molar-refractivity contribution is 5.81. The monoisotopic (exact) mass is 267 g/mol. The number of hydrogen-bond acceptors (Lipinski definition) is 3. The van der Waals surface area contributed by atoms with E-state index in [0.717, 1.165) is 0 Å². The van der Waals surface area contributed by atoms with Gasteiger partial charge in [0, 0.05) is 19.2 Å². The predicted molar refractivity (Wildman–Crippen MR) is 77.3 cm³/mol. The van der Waals surface area contributed by atoms with Crippen molar-refractivity contribution < 1.29 is 9.53 Å². The lowest BCUT2D eigenvalue weighted by atomic mass is 9.88. The minimum atomic E-state index is 0.249. The topological polar surface area (TPSA) is 29.5 Å². The summed E-state index contributed by atoms with van der Waals surface area (Å²) >= 11 is 0. The molecule has 3 heteroatoms. The highest BCUT2D eigenvalue weighted by atomic mass is 16.5. The summed E-state index contributed by atoms with van der Waals surface area (Å²) in [6.07, 6.45) is 13.3. The lowest BCUT2D eigenvalue weighted by Gasteiger charge is -2.41. The molecule has 0 aromatic heterocycles. The van der Waals surface area contributed by atoms with E-state index in [1.807, 2.05) is 0 Å². The lowest BCUT2D eigenvalue weighted by molar-refractivity contribution is -0.125. The summed E-state index contributed by atoms with van der Waals surface area (Å²) in [6.45, 7) is 0.888. The summed E-state index contributed by atoms with van der Waals surface area (Å²) in [6, 6.07) is 1.30. The second kappa shape index (κ2) is 8.01. The molecular weight excluding hydrogens is 238 g/mol. The van der Waals surface area contributed by atoms with E-state index < -0.39 is 0 Å². The molecule has 2 aliphatic rings. The Labute approximate surface area is 117 Å². The van der Waals surface area contributed by atoms with Crippen molar-refractivity contribution in [2.45, 2.75) is 76.3 Å². The van der Waals surface area contributed by atoms with Crippen LogP contribution >= 0.6 is 0 Å². The van der Waals surface area contributed by atoms with Crippen molar-refractivity contribution in [2.24, 2.45) is 0 Å². The maximum Gasteiger partial charge on any atom is 0.172 e. The molecule has 0 aliphatic heterocycles. The molecule has 0 aromatic carbocycles. The minimum Gasteiger partial charge on any atom is -0.377 e. The van der Waals surface area contributed by atoms with Gasteiger partial charge in [-0.05, 0) is 25.7 Å². The van der Waals surface area contributed by atoms with Crippen LogP contribution in [0.4, 0.5) is 0 Å². The van der Waals surface area contributed by atoms with Gasteiger partial charge in [-0.2, -0.15) is 0 Å². The first-order chi connectivity index (χ1) is 9.31. The Hall–Kier alpha value is -0.410. The number of ether oxygens (including phenoxy) is 1. The molecule has 0 saturated heterocycles. The Morgan fingerprint density at radius 2 is 1.42 bits per heavy atom. The first kappa shape index (κ1) is 15.0. The SMILES string of the molecule is COCC(=O)CN(C1CCCCC1)C1CCCCC1. The zero-order valence-electron chi connectivity index (χ0n) is 12.4. The van der Waals surface area contributed by atoms with Gasteiger partial charge in [-0.15, -0.1) is 0 Å². The van der Waals surface area contributed by atoms with Gasteiger partial charge in [-0.25, -0.2) is 0 Å². The van der Waals surface area contributed by atoms with Gasteiger partial charge in [0.15, 0.2) is 5.78 Å². The van der Waals surface area contributed by atoms with E-state index >= 15 is 0 Å². The molecule has 0 heterocycles. The van der Waals surface area contributed by atoms with Gasteiger partial charge >= 0.3 is 0 Å². The molecule has 0 unspecified atom stereocenters. The summed E-state index contributed by atoms with van der Waals surface area (Å²) in [7, 11) is 1.61. The van der Waals surface area contributed by atoms with Crippen LogP contribution < -0.4 is 0 Å². The standard InChI is InChI=1S/C16H29NO2/c1-19-13-16(18)12-17(14-8-4-2-5-9-14)15-10-6-3-7-11-15/h14-15H,2-13H2,1H3. The Kier molecular flexibility index (Phi) is 6.32. The highest BCUT2D eigenvalue weighted by Gasteiger charge is 2.29. The third kappa shape index (κ3) is 4.57. The fourth-order valence-electron chi connectivity index (χ4n) is 3.79. The van der Waals surface area contributed by atoms with Crippen LogP contribution in [0.25, 0.3) is 0 Å². The summed E-state index contributed by atoms with van der Waals surface area (Å²) in [5.74, 6) is 0.249. The molecule has 110 valence electrons. The number of Topliss-reactive ketones (excluding diaryl/α,β-unsaturated/α-hetero) is 1. The Morgan fingerprint density at radius 3 is 1.84 bits per heavy atom. The maximum absolute atomic E-state index is 12.0. The number of rotatable bonds is 6. The van der Waals surface area contributed by atoms with Crippen LogP contribution in [0, 0.1) is 0 Å². The van der Waals surface area contributed by atoms with Crippen LogP contribution in [0.5, 0.6) is 0 Å². The van der Waals surface area contributed by atoms with Crippen LogP contribution in [0.15, 0.2) is 0 Å². The van der Waals surface area contributed by atoms with Crippen LogP contribution in [0.3, 0.4) is 0 Å². The average Bonchev–Trinajstić information content (AvgIpc) is 2.47. The molecule has 2 aliphatic carbocycles. The average molecular weight is 267 g/mol. The quantitative estimate of drug-likeness (QED) is 0.740. The van der Waals surface area contributed by atoms with E-state index in [1.165, 1.54) is 64.2 Å². The van der Waals surface area contributed by atoms with E-state index in [4.69, 9.17) is 4.74 Å². The van der Waals surface area contributed by atoms with Gasteiger partial charge in [-0.3, -0.25) is 9.69 Å². The predicted octanol–water partition coefficient (Wildman–Crippen LogP) is 3.17. The van der Waals surface area contributed by atoms with Crippen molar-refractivity contribution in [3.8, 4) is 0 Å². The molecule has 3 nitrogen and oxygen atoms in total. The van der Waals surface area contributed by atoms with Gasteiger partial charge in [0.05, 0.1) is 6.54 Å². The lowest BCUT2D eigenvalue weighted by Crippen LogP contribution is -2.48. The third-order valence-corrected chi connectivity index (χ3v) is 4.75. The molecule has 19 heavy (non-hydrogen) atoms. The fourth-order valence-corrected chi connectivity index (χ4v) is 3.79. The normalized spacial score (nSPS) is 22.8. The molecule has 0 bridgehead atoms. The van der Waals surface area contributed by atoms with Crippen LogP contribution in [0.1, 0.15) is 64.2 Å². The number of carbonyl (C=O) groups is 1. The molecule has 2 rings (SSSR count). The Balaban J connectivity index is 1.96. The van der Waals surface area contributed by atoms with Gasteiger partial charge in [0.2, 0.25) is 0 Å². The van der Waals surface area contributed by atoms with E-state index in [-0.39, 0.29) is 12.4 Å². The second-order valence-electron chi connectivity index (χ2n) is 6.23. The molecule has 2 fully saturated rings. The van der Waals surface area contributed by atoms with Crippen molar-refractivity contribution in [1.82, 2.24) is 4.90 Å². The summed E-state index contributed by atoms with van der Waals surface area (Å²) in [4.78, 5) is 14.5. The summed E-state index contributed by atoms with van der Waals surface area (Å²) in [5, 5.41) is 0. The summed E-state index contributed by atoms with van der Waals surface area (Å²) < 4.78 is 5.00. The molecule has 0 radical (unpaired) electrons. The molecule has 0 spiro atoms. The molecule has 2 saturated carbocycles. The largest absolute Gasteiger partial charge is 0.377 e. The number of carbonyl (C=O) groups excluding carboxylic acids is 1. The Bertz CT molecular complexity index is 250. The van der Waals surface area contributed by atoms with E-state index in [1.54, 1.807) is 7.11 Å². The molecule has 0 N–H and O–H groups in total. The Morgan fingerprint density at radius 1 is 0.947 bits per heavy atom. The summed E-state index contributed by atoms with van der Waals surface area (Å²) in [5.41, 5.74) is 0. The maximum atomic E-state index is 12.0.